The number of anilines is 2. The van der Waals surface area contributed by atoms with E-state index in [1.807, 2.05) is 0 Å². The second-order valence-electron chi connectivity index (χ2n) is 11.8. The summed E-state index contributed by atoms with van der Waals surface area (Å²) in [5.41, 5.74) is 2.78. The maximum Gasteiger partial charge on any atom is 0.229 e. The summed E-state index contributed by atoms with van der Waals surface area (Å²) < 4.78 is 6.63. The molecule has 1 aromatic carbocycles. The van der Waals surface area contributed by atoms with Crippen molar-refractivity contribution in [1.82, 2.24) is 15.0 Å². The molecule has 0 radical (unpaired) electrons. The van der Waals surface area contributed by atoms with Crippen molar-refractivity contribution in [3.05, 3.63) is 40.7 Å². The quantitative estimate of drug-likeness (QED) is 0.441. The molecule has 0 saturated heterocycles. The lowest BCUT2D eigenvalue weighted by molar-refractivity contribution is 0.187. The summed E-state index contributed by atoms with van der Waals surface area (Å²) in [5, 5.41) is 7.41. The van der Waals surface area contributed by atoms with Crippen molar-refractivity contribution in [2.45, 2.75) is 102 Å². The van der Waals surface area contributed by atoms with E-state index in [9.17, 15) is 0 Å². The lowest BCUT2D eigenvalue weighted by atomic mass is 9.86. The number of nitrogens with zero attached hydrogens (tertiary/aromatic N) is 3. The fourth-order valence-electron chi connectivity index (χ4n) is 4.87. The predicted molar refractivity (Wildman–Crippen MR) is 139 cm³/mol. The second kappa shape index (κ2) is 8.82. The molecule has 1 aromatic heterocycles. The molecule has 2 N–H and O–H groups in total. The van der Waals surface area contributed by atoms with Crippen LogP contribution in [0.1, 0.15) is 77.5 Å². The average Bonchev–Trinajstić information content (AvgIpc) is 3.22. The molecule has 0 bridgehead atoms. The number of rotatable bonds is 6. The van der Waals surface area contributed by atoms with Crippen LogP contribution in [0.25, 0.3) is 0 Å². The molecule has 0 spiro atoms. The molecule has 1 fully saturated rings. The largest absolute Gasteiger partial charge is 0.414 e. The molecule has 8 heteroatoms. The zero-order valence-corrected chi connectivity index (χ0v) is 22.8. The molecule has 180 valence electrons. The van der Waals surface area contributed by atoms with Crippen molar-refractivity contribution >= 4 is 31.8 Å². The topological polar surface area (TPSA) is 72.0 Å². The number of hydrogen-bond donors (Lipinski definition) is 2. The van der Waals surface area contributed by atoms with Crippen molar-refractivity contribution in [2.75, 3.05) is 10.6 Å². The smallest absolute Gasteiger partial charge is 0.229 e. The summed E-state index contributed by atoms with van der Waals surface area (Å²) in [7, 11) is -1.77. The summed E-state index contributed by atoms with van der Waals surface area (Å²) in [6.45, 7) is 16.1. The van der Waals surface area contributed by atoms with E-state index in [1.54, 1.807) is 0 Å². The van der Waals surface area contributed by atoms with Gasteiger partial charge in [-0.1, -0.05) is 58.9 Å². The number of nitrogens with one attached hydrogen (secondary N) is 2. The minimum absolute atomic E-state index is 0.106. The Morgan fingerprint density at radius 1 is 1.03 bits per heavy atom. The Balaban J connectivity index is 1.42. The number of aromatic nitrogens is 3. The summed E-state index contributed by atoms with van der Waals surface area (Å²) in [6.07, 6.45) is 4.32. The standard InChI is InChI=1S/C25H38ClN5OSi/c1-24(2,3)33(6,7)32-17-13-12-16(14-17)27-22-29-21(26)30-23(31-22)28-20-15-25(4,5)19-11-9-8-10-18(19)20/h8-11,16-17,20H,12-15H2,1-7H3,(H2,27,28,29,30,31)/t16-,17+,20+/m0/s1. The monoisotopic (exact) mass is 487 g/mol. The van der Waals surface area contributed by atoms with Crippen molar-refractivity contribution < 1.29 is 4.43 Å². The van der Waals surface area contributed by atoms with Crippen LogP contribution >= 0.6 is 11.6 Å². The van der Waals surface area contributed by atoms with Crippen LogP contribution in [0.2, 0.25) is 23.4 Å². The van der Waals surface area contributed by atoms with E-state index in [0.29, 0.717) is 11.9 Å². The first-order chi connectivity index (χ1) is 15.3. The predicted octanol–water partition coefficient (Wildman–Crippen LogP) is 6.71. The molecule has 2 aliphatic rings. The summed E-state index contributed by atoms with van der Waals surface area (Å²) >= 11 is 6.28. The fraction of sp³-hybridized carbons (Fsp3) is 0.640. The lowest BCUT2D eigenvalue weighted by Gasteiger charge is -2.38. The third-order valence-corrected chi connectivity index (χ3v) is 12.4. The Labute approximate surface area is 204 Å². The molecule has 0 unspecified atom stereocenters. The molecule has 3 atom stereocenters. The zero-order chi connectivity index (χ0) is 24.0. The van der Waals surface area contributed by atoms with Gasteiger partial charge < -0.3 is 15.1 Å². The van der Waals surface area contributed by atoms with E-state index in [0.717, 1.165) is 25.7 Å². The van der Waals surface area contributed by atoms with Gasteiger partial charge in [0.1, 0.15) is 0 Å². The third-order valence-electron chi connectivity index (χ3n) is 7.68. The van der Waals surface area contributed by atoms with Crippen LogP contribution in [-0.4, -0.2) is 35.4 Å². The second-order valence-corrected chi connectivity index (χ2v) is 16.9. The molecular formula is C25H38ClN5OSi. The van der Waals surface area contributed by atoms with Crippen molar-refractivity contribution in [1.29, 1.82) is 0 Å². The Morgan fingerprint density at radius 3 is 2.39 bits per heavy atom. The van der Waals surface area contributed by atoms with Crippen LogP contribution in [0.3, 0.4) is 0 Å². The highest BCUT2D eigenvalue weighted by molar-refractivity contribution is 6.74. The zero-order valence-electron chi connectivity index (χ0n) is 21.0. The van der Waals surface area contributed by atoms with Crippen LogP contribution in [0.5, 0.6) is 0 Å². The maximum absolute atomic E-state index is 6.63. The van der Waals surface area contributed by atoms with Gasteiger partial charge in [0.2, 0.25) is 17.2 Å². The van der Waals surface area contributed by atoms with Gasteiger partial charge >= 0.3 is 0 Å². The van der Waals surface area contributed by atoms with Crippen LogP contribution in [0, 0.1) is 0 Å². The van der Waals surface area contributed by atoms with Gasteiger partial charge in [-0.2, -0.15) is 15.0 Å². The van der Waals surface area contributed by atoms with E-state index in [-0.39, 0.29) is 33.9 Å². The molecular weight excluding hydrogens is 450 g/mol. The van der Waals surface area contributed by atoms with E-state index in [4.69, 9.17) is 16.0 Å². The fourth-order valence-corrected chi connectivity index (χ4v) is 6.43. The van der Waals surface area contributed by atoms with Gasteiger partial charge in [0.15, 0.2) is 8.32 Å². The average molecular weight is 488 g/mol. The van der Waals surface area contributed by atoms with Crippen LogP contribution in [0.4, 0.5) is 11.9 Å². The molecule has 2 aliphatic carbocycles. The van der Waals surface area contributed by atoms with Gasteiger partial charge in [-0.3, -0.25) is 0 Å². The molecule has 0 amide bonds. The van der Waals surface area contributed by atoms with Gasteiger partial charge in [0.05, 0.1) is 6.04 Å². The lowest BCUT2D eigenvalue weighted by Crippen LogP contribution is -2.43. The van der Waals surface area contributed by atoms with Gasteiger partial charge in [-0.15, -0.1) is 0 Å². The SMILES string of the molecule is CC1(C)C[C@@H](Nc2nc(Cl)nc(N[C@H]3CC[C@@H](O[Si](C)(C)C(C)(C)C)C3)n2)c2ccccc21. The summed E-state index contributed by atoms with van der Waals surface area (Å²) in [4.78, 5) is 13.4. The van der Waals surface area contributed by atoms with E-state index < -0.39 is 8.32 Å². The molecule has 1 heterocycles. The number of hydrogen-bond acceptors (Lipinski definition) is 6. The molecule has 33 heavy (non-hydrogen) atoms. The van der Waals surface area contributed by atoms with Gasteiger partial charge in [-0.25, -0.2) is 0 Å². The summed E-state index contributed by atoms with van der Waals surface area (Å²) in [5.74, 6) is 1.04. The van der Waals surface area contributed by atoms with Gasteiger partial charge in [-0.05, 0) is 72.0 Å². The molecule has 4 rings (SSSR count). The normalized spacial score (nSPS) is 24.5. The van der Waals surface area contributed by atoms with E-state index in [1.165, 1.54) is 11.1 Å². The Kier molecular flexibility index (Phi) is 6.53. The van der Waals surface area contributed by atoms with Crippen LogP contribution < -0.4 is 10.6 Å². The van der Waals surface area contributed by atoms with Crippen molar-refractivity contribution in [3.8, 4) is 0 Å². The van der Waals surface area contributed by atoms with Crippen molar-refractivity contribution in [2.24, 2.45) is 0 Å². The third kappa shape index (κ3) is 5.36. The Bertz CT molecular complexity index is 1010. The maximum atomic E-state index is 6.63. The van der Waals surface area contributed by atoms with Gasteiger partial charge in [0.25, 0.3) is 0 Å². The van der Waals surface area contributed by atoms with E-state index in [2.05, 4.69) is 97.6 Å². The summed E-state index contributed by atoms with van der Waals surface area (Å²) in [6, 6.07) is 9.02. The first-order valence-corrected chi connectivity index (χ1v) is 15.3. The molecule has 6 nitrogen and oxygen atoms in total. The number of halogens is 1. The first-order valence-electron chi connectivity index (χ1n) is 12.1. The van der Waals surface area contributed by atoms with Crippen LogP contribution in [-0.2, 0) is 9.84 Å². The first kappa shape index (κ1) is 24.4. The number of fused-ring (bicyclic) bond motifs is 1. The molecule has 1 saturated carbocycles. The highest BCUT2D eigenvalue weighted by atomic mass is 35.5. The Morgan fingerprint density at radius 2 is 1.70 bits per heavy atom. The number of benzene rings is 1. The Hall–Kier alpha value is -1.70. The molecule has 0 aliphatic heterocycles. The van der Waals surface area contributed by atoms with E-state index >= 15 is 0 Å². The van der Waals surface area contributed by atoms with Gasteiger partial charge in [0, 0.05) is 12.1 Å². The highest BCUT2D eigenvalue weighted by Crippen LogP contribution is 2.45. The molecule has 2 aromatic rings. The van der Waals surface area contributed by atoms with Crippen molar-refractivity contribution in [3.63, 3.8) is 0 Å². The van der Waals surface area contributed by atoms with Crippen LogP contribution in [0.15, 0.2) is 24.3 Å². The highest BCUT2D eigenvalue weighted by Gasteiger charge is 2.41. The minimum atomic E-state index is -1.77. The minimum Gasteiger partial charge on any atom is -0.414 e.